The van der Waals surface area contributed by atoms with E-state index in [0.717, 1.165) is 0 Å². The molecule has 3 aromatic carbocycles. The SMILES string of the molecule is O=C1c2oc3ccc(Br)cc3c(=O)c2C(c2ccc([N+](=O)[O-])cc2)N1c1ccccc1. The van der Waals surface area contributed by atoms with Crippen LogP contribution in [0.15, 0.2) is 86.5 Å². The zero-order valence-electron chi connectivity index (χ0n) is 15.8. The lowest BCUT2D eigenvalue weighted by Gasteiger charge is -2.25. The molecule has 0 N–H and O–H groups in total. The molecule has 152 valence electrons. The first-order valence-corrected chi connectivity index (χ1v) is 10.1. The number of halogens is 1. The van der Waals surface area contributed by atoms with Crippen LogP contribution in [0.1, 0.15) is 27.7 Å². The van der Waals surface area contributed by atoms with Crippen LogP contribution in [0.3, 0.4) is 0 Å². The third kappa shape index (κ3) is 3.03. The first-order chi connectivity index (χ1) is 15.0. The van der Waals surface area contributed by atoms with Crippen molar-refractivity contribution in [2.45, 2.75) is 6.04 Å². The molecule has 0 aliphatic carbocycles. The van der Waals surface area contributed by atoms with E-state index in [1.54, 1.807) is 54.6 Å². The van der Waals surface area contributed by atoms with Gasteiger partial charge in [0.2, 0.25) is 5.76 Å². The molecule has 1 aliphatic rings. The Morgan fingerprint density at radius 2 is 1.68 bits per heavy atom. The summed E-state index contributed by atoms with van der Waals surface area (Å²) in [5.74, 6) is -0.460. The zero-order chi connectivity index (χ0) is 21.7. The largest absolute Gasteiger partial charge is 0.450 e. The molecule has 0 spiro atoms. The third-order valence-corrected chi connectivity index (χ3v) is 5.78. The first kappa shape index (κ1) is 19.2. The van der Waals surface area contributed by atoms with Gasteiger partial charge in [0.1, 0.15) is 5.58 Å². The normalized spacial score (nSPS) is 15.3. The molecule has 0 radical (unpaired) electrons. The molecule has 31 heavy (non-hydrogen) atoms. The van der Waals surface area contributed by atoms with Gasteiger partial charge in [0.15, 0.2) is 5.43 Å². The summed E-state index contributed by atoms with van der Waals surface area (Å²) < 4.78 is 6.61. The fraction of sp³-hybridized carbons (Fsp3) is 0.0435. The fourth-order valence-electron chi connectivity index (χ4n) is 3.89. The van der Waals surface area contributed by atoms with Crippen molar-refractivity contribution in [1.29, 1.82) is 0 Å². The Morgan fingerprint density at radius 3 is 2.35 bits per heavy atom. The molecule has 7 nitrogen and oxygen atoms in total. The van der Waals surface area contributed by atoms with Gasteiger partial charge in [-0.1, -0.05) is 34.1 Å². The number of benzene rings is 3. The highest BCUT2D eigenvalue weighted by Crippen LogP contribution is 2.41. The number of carbonyl (C=O) groups is 1. The molecule has 5 rings (SSSR count). The van der Waals surface area contributed by atoms with Gasteiger partial charge < -0.3 is 4.42 Å². The molecule has 2 heterocycles. The van der Waals surface area contributed by atoms with Crippen LogP contribution in [0.25, 0.3) is 11.0 Å². The number of para-hydroxylation sites is 1. The minimum atomic E-state index is -0.773. The summed E-state index contributed by atoms with van der Waals surface area (Å²) >= 11 is 3.37. The molecule has 8 heteroatoms. The van der Waals surface area contributed by atoms with E-state index in [1.807, 2.05) is 6.07 Å². The topological polar surface area (TPSA) is 93.7 Å². The monoisotopic (exact) mass is 476 g/mol. The summed E-state index contributed by atoms with van der Waals surface area (Å²) in [6, 6.07) is 19.1. The lowest BCUT2D eigenvalue weighted by atomic mass is 9.98. The van der Waals surface area contributed by atoms with E-state index in [4.69, 9.17) is 4.42 Å². The van der Waals surface area contributed by atoms with Crippen molar-refractivity contribution in [3.63, 3.8) is 0 Å². The number of fused-ring (bicyclic) bond motifs is 2. The fourth-order valence-corrected chi connectivity index (χ4v) is 4.25. The van der Waals surface area contributed by atoms with Gasteiger partial charge in [0.05, 0.1) is 21.9 Å². The maximum Gasteiger partial charge on any atom is 0.295 e. The lowest BCUT2D eigenvalue weighted by molar-refractivity contribution is -0.384. The maximum absolute atomic E-state index is 13.5. The molecular formula is C23H13BrN2O5. The van der Waals surface area contributed by atoms with Crippen molar-refractivity contribution < 1.29 is 14.1 Å². The molecule has 1 unspecified atom stereocenters. The van der Waals surface area contributed by atoms with Gasteiger partial charge in [-0.25, -0.2) is 0 Å². The smallest absolute Gasteiger partial charge is 0.295 e. The van der Waals surface area contributed by atoms with E-state index in [2.05, 4.69) is 15.9 Å². The minimum Gasteiger partial charge on any atom is -0.450 e. The van der Waals surface area contributed by atoms with Crippen LogP contribution in [-0.2, 0) is 0 Å². The van der Waals surface area contributed by atoms with Gasteiger partial charge in [-0.05, 0) is 48.0 Å². The second-order valence-electron chi connectivity index (χ2n) is 7.08. The van der Waals surface area contributed by atoms with Crippen LogP contribution < -0.4 is 10.3 Å². The quantitative estimate of drug-likeness (QED) is 0.298. The standard InChI is InChI=1S/C23H13BrN2O5/c24-14-8-11-18-17(12-14)21(27)19-20(13-6-9-16(10-7-13)26(29)30)25(23(28)22(19)31-18)15-4-2-1-3-5-15/h1-12,20H. The van der Waals surface area contributed by atoms with E-state index in [-0.39, 0.29) is 22.4 Å². The summed E-state index contributed by atoms with van der Waals surface area (Å²) in [5.41, 5.74) is 1.31. The van der Waals surface area contributed by atoms with Crippen molar-refractivity contribution in [2.24, 2.45) is 0 Å². The van der Waals surface area contributed by atoms with Crippen molar-refractivity contribution in [1.82, 2.24) is 0 Å². The summed E-state index contributed by atoms with van der Waals surface area (Å²) in [5, 5.41) is 11.4. The Balaban J connectivity index is 1.79. The molecule has 0 saturated heterocycles. The Kier molecular flexibility index (Phi) is 4.44. The number of hydrogen-bond acceptors (Lipinski definition) is 5. The van der Waals surface area contributed by atoms with Gasteiger partial charge in [-0.15, -0.1) is 0 Å². The summed E-state index contributed by atoms with van der Waals surface area (Å²) in [6.45, 7) is 0. The highest BCUT2D eigenvalue weighted by atomic mass is 79.9. The van der Waals surface area contributed by atoms with Crippen LogP contribution in [0.5, 0.6) is 0 Å². The molecule has 1 aromatic heterocycles. The predicted molar refractivity (Wildman–Crippen MR) is 118 cm³/mol. The molecule has 0 bridgehead atoms. The van der Waals surface area contributed by atoms with Gasteiger partial charge >= 0.3 is 0 Å². The second kappa shape index (κ2) is 7.17. The molecule has 1 atom stereocenters. The first-order valence-electron chi connectivity index (χ1n) is 9.35. The number of non-ortho nitro benzene ring substituents is 1. The Labute approximate surface area is 183 Å². The molecular weight excluding hydrogens is 464 g/mol. The van der Waals surface area contributed by atoms with E-state index in [1.165, 1.54) is 17.0 Å². The molecule has 0 fully saturated rings. The highest BCUT2D eigenvalue weighted by molar-refractivity contribution is 9.10. The minimum absolute atomic E-state index is 0.0213. The number of rotatable bonds is 3. The number of nitrogens with zero attached hydrogens (tertiary/aromatic N) is 2. The number of anilines is 1. The maximum atomic E-state index is 13.5. The summed E-state index contributed by atoms with van der Waals surface area (Å²) in [4.78, 5) is 39.0. The Morgan fingerprint density at radius 1 is 0.968 bits per heavy atom. The van der Waals surface area contributed by atoms with Gasteiger partial charge in [-0.3, -0.25) is 24.6 Å². The van der Waals surface area contributed by atoms with Crippen molar-refractivity contribution in [3.8, 4) is 0 Å². The van der Waals surface area contributed by atoms with Crippen LogP contribution in [0, 0.1) is 10.1 Å². The highest BCUT2D eigenvalue weighted by Gasteiger charge is 2.43. The summed E-state index contributed by atoms with van der Waals surface area (Å²) in [6.07, 6.45) is 0. The average Bonchev–Trinajstić information content (AvgIpc) is 3.07. The summed E-state index contributed by atoms with van der Waals surface area (Å²) in [7, 11) is 0. The number of carbonyl (C=O) groups excluding carboxylic acids is 1. The predicted octanol–water partition coefficient (Wildman–Crippen LogP) is 5.21. The van der Waals surface area contributed by atoms with Crippen LogP contribution in [0.4, 0.5) is 11.4 Å². The molecule has 1 amide bonds. The Bertz CT molecular complexity index is 1410. The van der Waals surface area contributed by atoms with E-state index < -0.39 is 16.9 Å². The molecule has 4 aromatic rings. The van der Waals surface area contributed by atoms with Crippen molar-refractivity contribution in [2.75, 3.05) is 4.90 Å². The van der Waals surface area contributed by atoms with E-state index in [0.29, 0.717) is 26.7 Å². The number of amides is 1. The second-order valence-corrected chi connectivity index (χ2v) is 7.99. The average molecular weight is 477 g/mol. The number of nitro groups is 1. The van der Waals surface area contributed by atoms with Crippen molar-refractivity contribution >= 4 is 44.2 Å². The number of nitro benzene ring substituents is 1. The zero-order valence-corrected chi connectivity index (χ0v) is 17.4. The van der Waals surface area contributed by atoms with Gasteiger partial charge in [0, 0.05) is 22.3 Å². The van der Waals surface area contributed by atoms with Gasteiger partial charge in [0.25, 0.3) is 11.6 Å². The van der Waals surface area contributed by atoms with Crippen LogP contribution >= 0.6 is 15.9 Å². The Hall–Kier alpha value is -3.78. The molecule has 1 aliphatic heterocycles. The third-order valence-electron chi connectivity index (χ3n) is 5.29. The van der Waals surface area contributed by atoms with Crippen LogP contribution in [0.2, 0.25) is 0 Å². The van der Waals surface area contributed by atoms with Crippen LogP contribution in [-0.4, -0.2) is 10.8 Å². The van der Waals surface area contributed by atoms with E-state index >= 15 is 0 Å². The van der Waals surface area contributed by atoms with Gasteiger partial charge in [-0.2, -0.15) is 0 Å². The number of hydrogen-bond donors (Lipinski definition) is 0. The molecule has 0 saturated carbocycles. The van der Waals surface area contributed by atoms with Crippen molar-refractivity contribution in [3.05, 3.63) is 114 Å². The van der Waals surface area contributed by atoms with E-state index in [9.17, 15) is 19.7 Å². The lowest BCUT2D eigenvalue weighted by Crippen LogP contribution is -2.29.